The molecule has 84 valence electrons. The van der Waals surface area contributed by atoms with Crippen molar-refractivity contribution in [3.63, 3.8) is 0 Å². The second-order valence-corrected chi connectivity index (χ2v) is 5.46. The lowest BCUT2D eigenvalue weighted by atomic mass is 9.95. The normalized spacial score (nSPS) is 18.0. The molecule has 0 bridgehead atoms. The zero-order valence-electron chi connectivity index (χ0n) is 9.15. The van der Waals surface area contributed by atoms with Gasteiger partial charge in [0.2, 0.25) is 0 Å². The van der Waals surface area contributed by atoms with Crippen molar-refractivity contribution in [1.29, 1.82) is 0 Å². The predicted molar refractivity (Wildman–Crippen MR) is 66.7 cm³/mol. The quantitative estimate of drug-likeness (QED) is 0.864. The van der Waals surface area contributed by atoms with Crippen LogP contribution in [0.2, 0.25) is 0 Å². The van der Waals surface area contributed by atoms with Crippen molar-refractivity contribution < 1.29 is 0 Å². The number of nitrogens with one attached hydrogen (secondary N) is 1. The molecule has 3 rings (SSSR count). The molecule has 3 nitrogen and oxygen atoms in total. The Labute approximate surface area is 98.9 Å². The number of hydrogen-bond donors (Lipinski definition) is 1. The standard InChI is InChI=1S/C12H15N3S/c1-4-13-5-2-9(1)7-12-15-10-8-14-6-3-11(10)16-12/h3,6,8-9,13H,1-2,4-5,7H2. The minimum absolute atomic E-state index is 0.815. The van der Waals surface area contributed by atoms with E-state index < -0.39 is 0 Å². The predicted octanol–water partition coefficient (Wildman–Crippen LogP) is 2.23. The van der Waals surface area contributed by atoms with Crippen LogP contribution in [0.5, 0.6) is 0 Å². The molecular formula is C12H15N3S. The second kappa shape index (κ2) is 4.47. The lowest BCUT2D eigenvalue weighted by Crippen LogP contribution is -2.28. The van der Waals surface area contributed by atoms with Crippen LogP contribution in [0.1, 0.15) is 17.8 Å². The highest BCUT2D eigenvalue weighted by molar-refractivity contribution is 7.18. The third kappa shape index (κ3) is 2.08. The molecule has 1 aliphatic rings. The van der Waals surface area contributed by atoms with Crippen molar-refractivity contribution in [2.24, 2.45) is 5.92 Å². The Morgan fingerprint density at radius 3 is 3.06 bits per heavy atom. The summed E-state index contributed by atoms with van der Waals surface area (Å²) in [6.07, 6.45) is 7.41. The zero-order valence-corrected chi connectivity index (χ0v) is 9.96. The van der Waals surface area contributed by atoms with Crippen LogP contribution in [0.15, 0.2) is 18.5 Å². The van der Waals surface area contributed by atoms with Crippen LogP contribution in [0.25, 0.3) is 10.2 Å². The lowest BCUT2D eigenvalue weighted by molar-refractivity contribution is 0.372. The minimum Gasteiger partial charge on any atom is -0.317 e. The first-order chi connectivity index (χ1) is 7.92. The zero-order chi connectivity index (χ0) is 10.8. The van der Waals surface area contributed by atoms with Gasteiger partial charge in [0.05, 0.1) is 21.4 Å². The van der Waals surface area contributed by atoms with Gasteiger partial charge in [0.15, 0.2) is 0 Å². The fourth-order valence-electron chi connectivity index (χ4n) is 2.25. The topological polar surface area (TPSA) is 37.8 Å². The molecule has 3 heterocycles. The smallest absolute Gasteiger partial charge is 0.0998 e. The third-order valence-corrected chi connectivity index (χ3v) is 4.21. The Morgan fingerprint density at radius 1 is 1.38 bits per heavy atom. The number of nitrogens with zero attached hydrogens (tertiary/aromatic N) is 2. The highest BCUT2D eigenvalue weighted by Gasteiger charge is 2.15. The van der Waals surface area contributed by atoms with E-state index in [0.717, 1.165) is 30.9 Å². The Balaban J connectivity index is 1.78. The van der Waals surface area contributed by atoms with Gasteiger partial charge in [-0.05, 0) is 37.9 Å². The monoisotopic (exact) mass is 233 g/mol. The van der Waals surface area contributed by atoms with Crippen molar-refractivity contribution >= 4 is 21.6 Å². The van der Waals surface area contributed by atoms with Gasteiger partial charge in [-0.2, -0.15) is 0 Å². The van der Waals surface area contributed by atoms with Gasteiger partial charge in [-0.15, -0.1) is 11.3 Å². The number of rotatable bonds is 2. The van der Waals surface area contributed by atoms with Crippen LogP contribution in [-0.2, 0) is 6.42 Å². The maximum atomic E-state index is 4.64. The summed E-state index contributed by atoms with van der Waals surface area (Å²) in [6.45, 7) is 2.33. The van der Waals surface area contributed by atoms with Crippen LogP contribution < -0.4 is 5.32 Å². The highest BCUT2D eigenvalue weighted by Crippen LogP contribution is 2.25. The Kier molecular flexibility index (Phi) is 2.84. The summed E-state index contributed by atoms with van der Waals surface area (Å²) in [5.41, 5.74) is 1.05. The first kappa shape index (κ1) is 10.2. The Hall–Kier alpha value is -1.00. The van der Waals surface area contributed by atoms with E-state index in [4.69, 9.17) is 0 Å². The van der Waals surface area contributed by atoms with Crippen LogP contribution in [0, 0.1) is 5.92 Å². The van der Waals surface area contributed by atoms with Gasteiger partial charge in [0.25, 0.3) is 0 Å². The van der Waals surface area contributed by atoms with E-state index in [1.807, 2.05) is 23.7 Å². The van der Waals surface area contributed by atoms with E-state index in [2.05, 4.69) is 21.4 Å². The van der Waals surface area contributed by atoms with E-state index in [0.29, 0.717) is 0 Å². The van der Waals surface area contributed by atoms with Crippen molar-refractivity contribution in [2.45, 2.75) is 19.3 Å². The van der Waals surface area contributed by atoms with Gasteiger partial charge in [0.1, 0.15) is 0 Å². The first-order valence-electron chi connectivity index (χ1n) is 5.82. The van der Waals surface area contributed by atoms with Crippen molar-refractivity contribution in [2.75, 3.05) is 13.1 Å². The molecule has 4 heteroatoms. The maximum Gasteiger partial charge on any atom is 0.0998 e. The van der Waals surface area contributed by atoms with E-state index in [9.17, 15) is 0 Å². The molecule has 1 fully saturated rings. The summed E-state index contributed by atoms with van der Waals surface area (Å²) in [5.74, 6) is 0.815. The average molecular weight is 233 g/mol. The molecule has 0 amide bonds. The number of fused-ring (bicyclic) bond motifs is 1. The van der Waals surface area contributed by atoms with E-state index in [1.165, 1.54) is 22.5 Å². The molecule has 2 aromatic rings. The van der Waals surface area contributed by atoms with Gasteiger partial charge < -0.3 is 5.32 Å². The number of hydrogen-bond acceptors (Lipinski definition) is 4. The van der Waals surface area contributed by atoms with E-state index in [1.54, 1.807) is 0 Å². The molecule has 0 atom stereocenters. The summed E-state index contributed by atoms with van der Waals surface area (Å²) >= 11 is 1.82. The van der Waals surface area contributed by atoms with Gasteiger partial charge in [-0.25, -0.2) is 4.98 Å². The maximum absolute atomic E-state index is 4.64. The molecule has 16 heavy (non-hydrogen) atoms. The minimum atomic E-state index is 0.815. The van der Waals surface area contributed by atoms with Crippen LogP contribution in [0.3, 0.4) is 0 Å². The van der Waals surface area contributed by atoms with Crippen molar-refractivity contribution in [3.8, 4) is 0 Å². The largest absolute Gasteiger partial charge is 0.317 e. The third-order valence-electron chi connectivity index (χ3n) is 3.16. The summed E-state index contributed by atoms with van der Waals surface area (Å²) < 4.78 is 1.26. The van der Waals surface area contributed by atoms with Gasteiger partial charge >= 0.3 is 0 Å². The Morgan fingerprint density at radius 2 is 2.25 bits per heavy atom. The van der Waals surface area contributed by atoms with Gasteiger partial charge in [0, 0.05) is 12.6 Å². The van der Waals surface area contributed by atoms with Crippen LogP contribution in [-0.4, -0.2) is 23.1 Å². The fourth-order valence-corrected chi connectivity index (χ4v) is 3.30. The molecule has 1 N–H and O–H groups in total. The molecule has 2 aromatic heterocycles. The molecule has 0 spiro atoms. The summed E-state index contributed by atoms with van der Waals surface area (Å²) in [7, 11) is 0. The average Bonchev–Trinajstić information content (AvgIpc) is 2.72. The van der Waals surface area contributed by atoms with E-state index in [-0.39, 0.29) is 0 Å². The Bertz CT molecular complexity index is 441. The number of piperidine rings is 1. The first-order valence-corrected chi connectivity index (χ1v) is 6.63. The molecule has 0 aromatic carbocycles. The molecule has 0 aliphatic carbocycles. The summed E-state index contributed by atoms with van der Waals surface area (Å²) in [6, 6.07) is 2.05. The number of pyridine rings is 1. The molecule has 0 saturated carbocycles. The summed E-state index contributed by atoms with van der Waals surface area (Å²) in [4.78, 5) is 8.75. The molecule has 1 saturated heterocycles. The molecule has 0 radical (unpaired) electrons. The second-order valence-electron chi connectivity index (χ2n) is 4.35. The molecule has 0 unspecified atom stereocenters. The molecular weight excluding hydrogens is 218 g/mol. The van der Waals surface area contributed by atoms with E-state index >= 15 is 0 Å². The lowest BCUT2D eigenvalue weighted by Gasteiger charge is -2.21. The summed E-state index contributed by atoms with van der Waals surface area (Å²) in [5, 5.41) is 4.67. The highest BCUT2D eigenvalue weighted by atomic mass is 32.1. The van der Waals surface area contributed by atoms with Crippen molar-refractivity contribution in [3.05, 3.63) is 23.5 Å². The van der Waals surface area contributed by atoms with Crippen LogP contribution >= 0.6 is 11.3 Å². The molecule has 1 aliphatic heterocycles. The van der Waals surface area contributed by atoms with Gasteiger partial charge in [-0.3, -0.25) is 4.98 Å². The van der Waals surface area contributed by atoms with Crippen molar-refractivity contribution in [1.82, 2.24) is 15.3 Å². The number of aromatic nitrogens is 2. The number of thiazole rings is 1. The fraction of sp³-hybridized carbons (Fsp3) is 0.500. The van der Waals surface area contributed by atoms with Gasteiger partial charge in [-0.1, -0.05) is 0 Å². The SMILES string of the molecule is c1cc2sc(CC3CCNCC3)nc2cn1. The van der Waals surface area contributed by atoms with Crippen LogP contribution in [0.4, 0.5) is 0 Å².